The molecule has 5 nitrogen and oxygen atoms in total. The molecule has 19 heavy (non-hydrogen) atoms. The molecule has 1 heterocycles. The summed E-state index contributed by atoms with van der Waals surface area (Å²) >= 11 is 0. The number of hydrazine groups is 1. The molecule has 0 saturated carbocycles. The van der Waals surface area contributed by atoms with Crippen molar-refractivity contribution in [3.8, 4) is 17.0 Å². The maximum absolute atomic E-state index is 5.31. The number of fused-ring (bicyclic) bond motifs is 1. The van der Waals surface area contributed by atoms with Crippen molar-refractivity contribution in [3.05, 3.63) is 42.6 Å². The Labute approximate surface area is 110 Å². The van der Waals surface area contributed by atoms with E-state index in [1.165, 1.54) is 0 Å². The molecule has 0 aliphatic rings. The number of nitrogens with zero attached hydrogens (tertiary/aromatic N) is 1. The quantitative estimate of drug-likeness (QED) is 0.496. The normalized spacial score (nSPS) is 10.6. The van der Waals surface area contributed by atoms with E-state index in [4.69, 9.17) is 10.6 Å². The third kappa shape index (κ3) is 2.11. The number of hydrogen-bond donors (Lipinski definition) is 3. The number of hydrogen-bond acceptors (Lipinski definition) is 4. The second-order valence-corrected chi connectivity index (χ2v) is 4.22. The van der Waals surface area contributed by atoms with Crippen LogP contribution in [0.25, 0.3) is 22.0 Å². The molecule has 5 heteroatoms. The van der Waals surface area contributed by atoms with Gasteiger partial charge in [0.1, 0.15) is 5.75 Å². The summed E-state index contributed by atoms with van der Waals surface area (Å²) in [6.07, 6.45) is 1.75. The summed E-state index contributed by atoms with van der Waals surface area (Å²) < 4.78 is 5.22. The van der Waals surface area contributed by atoms with E-state index < -0.39 is 0 Å². The zero-order valence-electron chi connectivity index (χ0n) is 10.5. The van der Waals surface area contributed by atoms with Crippen LogP contribution in [-0.2, 0) is 0 Å². The van der Waals surface area contributed by atoms with Crippen LogP contribution < -0.4 is 16.0 Å². The topological polar surface area (TPSA) is 76.0 Å². The molecule has 4 N–H and O–H groups in total. The number of ether oxygens (including phenoxy) is 1. The van der Waals surface area contributed by atoms with Gasteiger partial charge in [0.15, 0.2) is 0 Å². The van der Waals surface area contributed by atoms with E-state index in [-0.39, 0.29) is 0 Å². The molecule has 0 atom stereocenters. The third-order valence-electron chi connectivity index (χ3n) is 3.07. The second-order valence-electron chi connectivity index (χ2n) is 4.22. The van der Waals surface area contributed by atoms with Gasteiger partial charge in [0.2, 0.25) is 5.95 Å². The molecule has 3 aromatic rings. The minimum absolute atomic E-state index is 0.546. The monoisotopic (exact) mass is 254 g/mol. The Bertz CT molecular complexity index is 720. The summed E-state index contributed by atoms with van der Waals surface area (Å²) in [5.41, 5.74) is 4.47. The van der Waals surface area contributed by atoms with Crippen molar-refractivity contribution in [3.63, 3.8) is 0 Å². The van der Waals surface area contributed by atoms with Crippen LogP contribution in [0.2, 0.25) is 0 Å². The van der Waals surface area contributed by atoms with Crippen LogP contribution in [0.4, 0.5) is 5.95 Å². The van der Waals surface area contributed by atoms with Gasteiger partial charge in [-0.1, -0.05) is 18.2 Å². The fraction of sp³-hybridized carbons (Fsp3) is 0.0714. The SMILES string of the molecule is COc1ccc2cc(-c3cnc(NN)[nH]3)ccc2c1. The van der Waals surface area contributed by atoms with E-state index in [1.807, 2.05) is 24.3 Å². The molecule has 0 unspecified atom stereocenters. The molecule has 0 spiro atoms. The minimum Gasteiger partial charge on any atom is -0.497 e. The first kappa shape index (κ1) is 11.6. The molecule has 96 valence electrons. The van der Waals surface area contributed by atoms with Crippen molar-refractivity contribution in [2.24, 2.45) is 5.84 Å². The van der Waals surface area contributed by atoms with Crippen molar-refractivity contribution >= 4 is 16.7 Å². The standard InChI is InChI=1S/C14H14N4O/c1-19-12-5-4-9-6-11(3-2-10(9)7-12)13-8-16-14(17-13)18-15/h2-8H,15H2,1H3,(H2,16,17,18). The molecular weight excluding hydrogens is 240 g/mol. The number of benzene rings is 2. The van der Waals surface area contributed by atoms with Gasteiger partial charge in [-0.2, -0.15) is 0 Å². The predicted octanol–water partition coefficient (Wildman–Crippen LogP) is 2.52. The lowest BCUT2D eigenvalue weighted by Crippen LogP contribution is -2.07. The third-order valence-corrected chi connectivity index (χ3v) is 3.07. The summed E-state index contributed by atoms with van der Waals surface area (Å²) in [6.45, 7) is 0. The van der Waals surface area contributed by atoms with E-state index in [1.54, 1.807) is 13.3 Å². The van der Waals surface area contributed by atoms with Crippen LogP contribution in [0, 0.1) is 0 Å². The van der Waals surface area contributed by atoms with Gasteiger partial charge in [0, 0.05) is 5.56 Å². The lowest BCUT2D eigenvalue weighted by Gasteiger charge is -2.04. The Morgan fingerprint density at radius 1 is 1.16 bits per heavy atom. The smallest absolute Gasteiger partial charge is 0.215 e. The predicted molar refractivity (Wildman–Crippen MR) is 75.9 cm³/mol. The van der Waals surface area contributed by atoms with Crippen LogP contribution in [0.5, 0.6) is 5.75 Å². The Hall–Kier alpha value is -2.53. The van der Waals surface area contributed by atoms with Gasteiger partial charge in [-0.25, -0.2) is 10.8 Å². The van der Waals surface area contributed by atoms with E-state index in [0.29, 0.717) is 5.95 Å². The molecule has 2 aromatic carbocycles. The van der Waals surface area contributed by atoms with Gasteiger partial charge in [-0.3, -0.25) is 5.43 Å². The molecule has 1 aromatic heterocycles. The highest BCUT2D eigenvalue weighted by Crippen LogP contribution is 2.26. The van der Waals surface area contributed by atoms with Crippen molar-refractivity contribution < 1.29 is 4.74 Å². The van der Waals surface area contributed by atoms with Gasteiger partial charge in [0.25, 0.3) is 0 Å². The molecule has 0 aliphatic carbocycles. The summed E-state index contributed by atoms with van der Waals surface area (Å²) in [5, 5.41) is 2.29. The Morgan fingerprint density at radius 3 is 2.68 bits per heavy atom. The number of aromatic nitrogens is 2. The van der Waals surface area contributed by atoms with Gasteiger partial charge >= 0.3 is 0 Å². The summed E-state index contributed by atoms with van der Waals surface area (Å²) in [7, 11) is 1.67. The van der Waals surface area contributed by atoms with Crippen LogP contribution in [0.1, 0.15) is 0 Å². The number of methoxy groups -OCH3 is 1. The van der Waals surface area contributed by atoms with E-state index in [2.05, 4.69) is 27.5 Å². The number of aromatic amines is 1. The molecule has 0 saturated heterocycles. The van der Waals surface area contributed by atoms with E-state index in [0.717, 1.165) is 27.8 Å². The molecule has 0 fully saturated rings. The molecule has 0 radical (unpaired) electrons. The number of nitrogen functional groups attached to an aromatic ring is 1. The lowest BCUT2D eigenvalue weighted by atomic mass is 10.1. The fourth-order valence-electron chi connectivity index (χ4n) is 2.06. The number of nitrogens with two attached hydrogens (primary N) is 1. The van der Waals surface area contributed by atoms with Crippen LogP contribution in [0.15, 0.2) is 42.6 Å². The van der Waals surface area contributed by atoms with Gasteiger partial charge in [-0.15, -0.1) is 0 Å². The molecule has 0 aliphatic heterocycles. The molecule has 0 amide bonds. The number of H-pyrrole nitrogens is 1. The molecule has 3 rings (SSSR count). The van der Waals surface area contributed by atoms with E-state index in [9.17, 15) is 0 Å². The number of anilines is 1. The largest absolute Gasteiger partial charge is 0.497 e. The highest BCUT2D eigenvalue weighted by molar-refractivity contribution is 5.88. The highest BCUT2D eigenvalue weighted by atomic mass is 16.5. The number of rotatable bonds is 3. The van der Waals surface area contributed by atoms with Gasteiger partial charge in [-0.05, 0) is 29.0 Å². The lowest BCUT2D eigenvalue weighted by molar-refractivity contribution is 0.415. The number of imidazole rings is 1. The van der Waals surface area contributed by atoms with Crippen molar-refractivity contribution in [2.45, 2.75) is 0 Å². The Morgan fingerprint density at radius 2 is 1.95 bits per heavy atom. The van der Waals surface area contributed by atoms with E-state index >= 15 is 0 Å². The Kier molecular flexibility index (Phi) is 2.81. The summed E-state index contributed by atoms with van der Waals surface area (Å²) in [4.78, 5) is 7.20. The first-order valence-electron chi connectivity index (χ1n) is 5.90. The maximum atomic E-state index is 5.31. The molecule has 0 bridgehead atoms. The van der Waals surface area contributed by atoms with Crippen molar-refractivity contribution in [1.29, 1.82) is 0 Å². The van der Waals surface area contributed by atoms with Crippen molar-refractivity contribution in [1.82, 2.24) is 9.97 Å². The number of nitrogens with one attached hydrogen (secondary N) is 2. The Balaban J connectivity index is 2.06. The maximum Gasteiger partial charge on any atom is 0.215 e. The second kappa shape index (κ2) is 4.62. The van der Waals surface area contributed by atoms with Crippen LogP contribution >= 0.6 is 0 Å². The zero-order valence-corrected chi connectivity index (χ0v) is 10.5. The first-order chi connectivity index (χ1) is 9.30. The van der Waals surface area contributed by atoms with Crippen molar-refractivity contribution in [2.75, 3.05) is 12.5 Å². The fourth-order valence-corrected chi connectivity index (χ4v) is 2.06. The van der Waals surface area contributed by atoms with Gasteiger partial charge in [0.05, 0.1) is 19.0 Å². The van der Waals surface area contributed by atoms with Crippen LogP contribution in [-0.4, -0.2) is 17.1 Å². The summed E-state index contributed by atoms with van der Waals surface area (Å²) in [5.74, 6) is 6.71. The average Bonchev–Trinajstić information content (AvgIpc) is 2.95. The molecular formula is C14H14N4O. The first-order valence-corrected chi connectivity index (χ1v) is 5.90. The summed E-state index contributed by atoms with van der Waals surface area (Å²) in [6, 6.07) is 12.2. The minimum atomic E-state index is 0.546. The van der Waals surface area contributed by atoms with Gasteiger partial charge < -0.3 is 9.72 Å². The average molecular weight is 254 g/mol. The highest BCUT2D eigenvalue weighted by Gasteiger charge is 2.04. The van der Waals surface area contributed by atoms with Crippen LogP contribution in [0.3, 0.4) is 0 Å². The zero-order chi connectivity index (χ0) is 13.2.